The normalized spacial score (nSPS) is 14.6. The smallest absolute Gasteiger partial charge is 0.227 e. The van der Waals surface area contributed by atoms with E-state index in [4.69, 9.17) is 16.5 Å². The fourth-order valence-corrected chi connectivity index (χ4v) is 8.10. The van der Waals surface area contributed by atoms with Crippen molar-refractivity contribution in [2.24, 2.45) is 5.73 Å². The van der Waals surface area contributed by atoms with E-state index in [1.165, 1.54) is 0 Å². The van der Waals surface area contributed by atoms with Crippen molar-refractivity contribution in [1.29, 1.82) is 0 Å². The van der Waals surface area contributed by atoms with Crippen LogP contribution in [0.3, 0.4) is 0 Å². The number of unbranched alkanes of at least 4 members (excludes halogenated alkanes) is 2. The van der Waals surface area contributed by atoms with E-state index in [9.17, 15) is 19.2 Å². The number of rotatable bonds is 21. The van der Waals surface area contributed by atoms with Crippen molar-refractivity contribution in [3.8, 4) is 11.8 Å². The molecule has 0 radical (unpaired) electrons. The molecule has 0 saturated heterocycles. The molecule has 2 amide bonds. The number of Topliss-reactive ketones (excluding diaryl/α,β-unsaturated/α-hetero) is 2. The number of benzene rings is 3. The Morgan fingerprint density at radius 1 is 0.839 bits per heavy atom. The Kier molecular flexibility index (Phi) is 14.9. The molecule has 12 nitrogen and oxygen atoms in total. The lowest BCUT2D eigenvalue weighted by Gasteiger charge is -2.36. The molecule has 0 saturated carbocycles. The lowest BCUT2D eigenvalue weighted by atomic mass is 9.84. The zero-order chi connectivity index (χ0) is 44.4. The predicted octanol–water partition coefficient (Wildman–Crippen LogP) is 7.31. The number of hydrogen-bond acceptors (Lipinski definition) is 9. The molecule has 0 bridgehead atoms. The molecule has 3 atom stereocenters. The first kappa shape index (κ1) is 45.6. The van der Waals surface area contributed by atoms with Gasteiger partial charge in [0.15, 0.2) is 17.4 Å². The number of nitrogens with zero attached hydrogens (tertiary/aromatic N) is 4. The van der Waals surface area contributed by atoms with Crippen LogP contribution >= 0.6 is 0 Å². The second-order valence-corrected chi connectivity index (χ2v) is 16.9. The van der Waals surface area contributed by atoms with Crippen LogP contribution in [0.4, 0.5) is 11.5 Å². The molecule has 0 spiro atoms. The molecule has 1 aliphatic heterocycles. The fourth-order valence-electron chi connectivity index (χ4n) is 8.10. The third kappa shape index (κ3) is 10.4. The first-order valence-electron chi connectivity index (χ1n) is 22.2. The summed E-state index contributed by atoms with van der Waals surface area (Å²) in [6, 6.07) is 22.4. The number of ketones is 2. The second-order valence-electron chi connectivity index (χ2n) is 16.9. The van der Waals surface area contributed by atoms with Crippen LogP contribution in [0.5, 0.6) is 0 Å². The number of para-hydroxylation sites is 2. The zero-order valence-electron chi connectivity index (χ0n) is 37.0. The van der Waals surface area contributed by atoms with Crippen molar-refractivity contribution in [3.63, 3.8) is 0 Å². The van der Waals surface area contributed by atoms with Crippen LogP contribution in [0.25, 0.3) is 21.9 Å². The highest BCUT2D eigenvalue weighted by atomic mass is 16.2. The van der Waals surface area contributed by atoms with Crippen molar-refractivity contribution < 1.29 is 19.2 Å². The Morgan fingerprint density at radius 2 is 1.55 bits per heavy atom. The number of fused-ring (bicyclic) bond motifs is 5. The largest absolute Gasteiger partial charge is 0.382 e. The van der Waals surface area contributed by atoms with Gasteiger partial charge in [0.25, 0.3) is 0 Å². The summed E-state index contributed by atoms with van der Waals surface area (Å²) in [6.45, 7) is 10.8. The number of anilines is 2. The summed E-state index contributed by atoms with van der Waals surface area (Å²) < 4.78 is 2.26. The minimum Gasteiger partial charge on any atom is -0.382 e. The summed E-state index contributed by atoms with van der Waals surface area (Å²) in [4.78, 5) is 66.5. The minimum atomic E-state index is -1.17. The topological polar surface area (TPSA) is 178 Å². The molecule has 0 aliphatic carbocycles. The van der Waals surface area contributed by atoms with Gasteiger partial charge >= 0.3 is 0 Å². The summed E-state index contributed by atoms with van der Waals surface area (Å²) in [6.07, 6.45) is 5.35. The quantitative estimate of drug-likeness (QED) is 0.0436. The first-order valence-corrected chi connectivity index (χ1v) is 22.2. The molecule has 62 heavy (non-hydrogen) atoms. The number of hydrogen-bond donors (Lipinski definition) is 4. The minimum absolute atomic E-state index is 0.0242. The molecule has 12 heteroatoms. The molecule has 6 N–H and O–H groups in total. The molecule has 0 fully saturated rings. The van der Waals surface area contributed by atoms with E-state index in [0.29, 0.717) is 44.0 Å². The Balaban J connectivity index is 1.07. The number of nitrogens with one attached hydrogen (secondary N) is 2. The van der Waals surface area contributed by atoms with E-state index in [1.807, 2.05) is 80.6 Å². The fraction of sp³-hybridized carbons (Fsp3) is 0.440. The highest BCUT2D eigenvalue weighted by molar-refractivity contribution is 6.06. The molecule has 3 heterocycles. The Labute approximate surface area is 365 Å². The molecule has 3 aromatic carbocycles. The van der Waals surface area contributed by atoms with Crippen molar-refractivity contribution >= 4 is 56.8 Å². The Bertz CT molecular complexity index is 2500. The Hall–Kier alpha value is -5.90. The number of pyridine rings is 1. The maximum absolute atomic E-state index is 14.1. The average Bonchev–Trinajstić information content (AvgIpc) is 3.65. The average molecular weight is 839 g/mol. The number of imidazole rings is 1. The van der Waals surface area contributed by atoms with E-state index in [2.05, 4.69) is 45.0 Å². The molecule has 1 aliphatic rings. The van der Waals surface area contributed by atoms with Gasteiger partial charge < -0.3 is 26.3 Å². The second kappa shape index (κ2) is 20.3. The molecular weight excluding hydrogens is 777 g/mol. The molecule has 5 aromatic rings. The molecule has 6 rings (SSSR count). The van der Waals surface area contributed by atoms with Crippen molar-refractivity contribution in [2.75, 3.05) is 17.2 Å². The van der Waals surface area contributed by atoms with Gasteiger partial charge in [-0.1, -0.05) is 87.6 Å². The van der Waals surface area contributed by atoms with E-state index in [0.717, 1.165) is 76.6 Å². The van der Waals surface area contributed by atoms with Crippen LogP contribution in [0.15, 0.2) is 72.8 Å². The monoisotopic (exact) mass is 838 g/mol. The number of nitrogen functional groups attached to an aromatic ring is 1. The first-order chi connectivity index (χ1) is 29.8. The number of aryl methyl sites for hydroxylation is 2. The van der Waals surface area contributed by atoms with Crippen LogP contribution in [-0.2, 0) is 38.7 Å². The highest BCUT2D eigenvalue weighted by Gasteiger charge is 2.40. The maximum Gasteiger partial charge on any atom is 0.227 e. The van der Waals surface area contributed by atoms with Crippen molar-refractivity contribution in [2.45, 2.75) is 135 Å². The standard InChI is InChI=1S/C50H62N8O4/c1-6-9-24-42-55-45-46(37-21-13-14-22-38(37)54-48(45)51)57(42)32-17-16-31-53-43(60)29-27-39(47(62)49(4,52)7-2)56-50(5,8-3)41(59)28-30-44(61)58-33-36-20-11-10-18-34(36)25-26-35-19-12-15-23-40(35)58/h10-15,18-23,39,56H,6-9,16-17,24,27-33,52H2,1-5H3,(H2,51,54)(H,53,60). The van der Waals surface area contributed by atoms with Crippen molar-refractivity contribution in [1.82, 2.24) is 25.2 Å². The summed E-state index contributed by atoms with van der Waals surface area (Å²) >= 11 is 0. The maximum atomic E-state index is 14.1. The third-order valence-corrected chi connectivity index (χ3v) is 12.4. The number of aromatic nitrogens is 3. The molecule has 3 unspecified atom stereocenters. The molecular formula is C50H62N8O4. The van der Waals surface area contributed by atoms with Gasteiger partial charge in [0.2, 0.25) is 11.8 Å². The van der Waals surface area contributed by atoms with E-state index in [1.54, 1.807) is 18.7 Å². The van der Waals surface area contributed by atoms with E-state index < -0.39 is 17.1 Å². The summed E-state index contributed by atoms with van der Waals surface area (Å²) in [5.74, 6) is 7.03. The van der Waals surface area contributed by atoms with Crippen LogP contribution < -0.4 is 27.0 Å². The van der Waals surface area contributed by atoms with Gasteiger partial charge in [-0.25, -0.2) is 9.97 Å². The number of carbonyl (C=O) groups is 4. The van der Waals surface area contributed by atoms with Gasteiger partial charge in [-0.15, -0.1) is 0 Å². The number of amides is 2. The summed E-state index contributed by atoms with van der Waals surface area (Å²) in [5.41, 5.74) is 16.3. The number of nitrogens with two attached hydrogens (primary N) is 2. The van der Waals surface area contributed by atoms with Crippen LogP contribution in [0, 0.1) is 11.8 Å². The van der Waals surface area contributed by atoms with Gasteiger partial charge in [-0.2, -0.15) is 0 Å². The SMILES string of the molecule is CCCCc1nc2c(N)nc3ccccc3c2n1CCCCNC(=O)CCC(NC(C)(CC)C(=O)CCC(=O)N1Cc2ccccc2C#Cc2ccccc21)C(=O)C(C)(N)CC. The van der Waals surface area contributed by atoms with Gasteiger partial charge in [-0.3, -0.25) is 24.5 Å². The van der Waals surface area contributed by atoms with Gasteiger partial charge in [0.05, 0.1) is 40.4 Å². The van der Waals surface area contributed by atoms with Gasteiger partial charge in [0.1, 0.15) is 11.3 Å². The lowest BCUT2D eigenvalue weighted by Crippen LogP contribution is -2.61. The molecule has 2 aromatic heterocycles. The van der Waals surface area contributed by atoms with Crippen molar-refractivity contribution in [3.05, 3.63) is 95.3 Å². The molecule has 326 valence electrons. The van der Waals surface area contributed by atoms with Crippen LogP contribution in [0.2, 0.25) is 0 Å². The highest BCUT2D eigenvalue weighted by Crippen LogP contribution is 2.30. The summed E-state index contributed by atoms with van der Waals surface area (Å²) in [7, 11) is 0. The van der Waals surface area contributed by atoms with Crippen LogP contribution in [0.1, 0.15) is 121 Å². The van der Waals surface area contributed by atoms with Gasteiger partial charge in [0, 0.05) is 55.3 Å². The third-order valence-electron chi connectivity index (χ3n) is 12.4. The zero-order valence-corrected chi connectivity index (χ0v) is 37.0. The number of carbonyl (C=O) groups excluding carboxylic acids is 4. The predicted molar refractivity (Wildman–Crippen MR) is 247 cm³/mol. The summed E-state index contributed by atoms with van der Waals surface area (Å²) in [5, 5.41) is 7.40. The van der Waals surface area contributed by atoms with Gasteiger partial charge in [-0.05, 0) is 82.2 Å². The Morgan fingerprint density at radius 3 is 2.31 bits per heavy atom. The van der Waals surface area contributed by atoms with E-state index in [-0.39, 0.29) is 49.1 Å². The van der Waals surface area contributed by atoms with Crippen LogP contribution in [-0.4, -0.2) is 61.6 Å². The lowest BCUT2D eigenvalue weighted by molar-refractivity contribution is -0.131. The van der Waals surface area contributed by atoms with E-state index >= 15 is 0 Å².